The van der Waals surface area contributed by atoms with Gasteiger partial charge in [0.1, 0.15) is 0 Å². The zero-order valence-corrected chi connectivity index (χ0v) is 11.6. The molecule has 0 aromatic rings. The lowest BCUT2D eigenvalue weighted by atomic mass is 10.1. The van der Waals surface area contributed by atoms with Crippen LogP contribution in [0.15, 0.2) is 35.6 Å². The van der Waals surface area contributed by atoms with Gasteiger partial charge in [-0.1, -0.05) is 43.7 Å². The second kappa shape index (κ2) is 8.20. The van der Waals surface area contributed by atoms with Crippen LogP contribution in [0.25, 0.3) is 0 Å². The van der Waals surface area contributed by atoms with Gasteiger partial charge in [-0.25, -0.2) is 0 Å². The van der Waals surface area contributed by atoms with E-state index in [1.54, 1.807) is 0 Å². The van der Waals surface area contributed by atoms with E-state index < -0.39 is 0 Å². The molecule has 0 saturated carbocycles. The Balaban J connectivity index is 3.79. The van der Waals surface area contributed by atoms with Gasteiger partial charge in [0.05, 0.1) is 0 Å². The number of rotatable bonds is 7. The van der Waals surface area contributed by atoms with Gasteiger partial charge in [0.25, 0.3) is 0 Å². The van der Waals surface area contributed by atoms with E-state index in [2.05, 4.69) is 58.7 Å². The van der Waals surface area contributed by atoms with Gasteiger partial charge >= 0.3 is 0 Å². The minimum Gasteiger partial charge on any atom is -0.385 e. The van der Waals surface area contributed by atoms with Gasteiger partial charge in [0.15, 0.2) is 0 Å². The molecule has 0 spiro atoms. The second-order valence-electron chi connectivity index (χ2n) is 4.93. The molecule has 0 saturated heterocycles. The lowest BCUT2D eigenvalue weighted by Crippen LogP contribution is -2.16. The summed E-state index contributed by atoms with van der Waals surface area (Å²) in [6, 6.07) is 0. The van der Waals surface area contributed by atoms with Crippen LogP contribution >= 0.6 is 0 Å². The molecule has 0 aromatic heterocycles. The average molecular weight is 221 g/mol. The summed E-state index contributed by atoms with van der Waals surface area (Å²) in [5.74, 6) is 0.513. The van der Waals surface area contributed by atoms with Crippen molar-refractivity contribution >= 4 is 0 Å². The summed E-state index contributed by atoms with van der Waals surface area (Å²) in [4.78, 5) is 0. The van der Waals surface area contributed by atoms with Gasteiger partial charge < -0.3 is 5.32 Å². The van der Waals surface area contributed by atoms with E-state index in [4.69, 9.17) is 0 Å². The monoisotopic (exact) mass is 221 g/mol. The minimum absolute atomic E-state index is 0.513. The molecule has 0 heterocycles. The maximum atomic E-state index is 3.99. The molecule has 92 valence electrons. The Labute approximate surface area is 101 Å². The van der Waals surface area contributed by atoms with E-state index in [1.165, 1.54) is 11.1 Å². The number of hydrogen-bond donors (Lipinski definition) is 1. The molecule has 0 aromatic carbocycles. The largest absolute Gasteiger partial charge is 0.385 e. The van der Waals surface area contributed by atoms with Crippen molar-refractivity contribution in [3.8, 4) is 0 Å². The van der Waals surface area contributed by atoms with Crippen LogP contribution in [0.3, 0.4) is 0 Å². The van der Waals surface area contributed by atoms with E-state index in [-0.39, 0.29) is 0 Å². The second-order valence-corrected chi connectivity index (χ2v) is 4.93. The highest BCUT2D eigenvalue weighted by molar-refractivity contribution is 5.05. The molecular formula is C15H27N. The molecule has 0 aliphatic carbocycles. The van der Waals surface area contributed by atoms with Crippen LogP contribution in [-0.4, -0.2) is 6.54 Å². The molecule has 16 heavy (non-hydrogen) atoms. The van der Waals surface area contributed by atoms with Crippen molar-refractivity contribution in [1.82, 2.24) is 5.32 Å². The quantitative estimate of drug-likeness (QED) is 0.627. The molecular weight excluding hydrogens is 194 g/mol. The topological polar surface area (TPSA) is 12.0 Å². The fourth-order valence-electron chi connectivity index (χ4n) is 1.25. The molecule has 0 atom stereocenters. The first-order valence-electron chi connectivity index (χ1n) is 6.15. The molecule has 0 aliphatic heterocycles. The zero-order valence-electron chi connectivity index (χ0n) is 11.6. The SMILES string of the molecule is C=C(NC/C=C(/C)CCC=C(C)C)C(C)C. The normalized spacial score (nSPS) is 11.5. The van der Waals surface area contributed by atoms with Gasteiger partial charge in [-0.15, -0.1) is 0 Å². The number of nitrogens with one attached hydrogen (secondary N) is 1. The van der Waals surface area contributed by atoms with E-state index in [9.17, 15) is 0 Å². The smallest absolute Gasteiger partial charge is 0.0330 e. The highest BCUT2D eigenvalue weighted by Gasteiger charge is 1.96. The molecule has 0 unspecified atom stereocenters. The Morgan fingerprint density at radius 1 is 1.19 bits per heavy atom. The molecule has 0 fully saturated rings. The van der Waals surface area contributed by atoms with Crippen LogP contribution in [0.1, 0.15) is 47.5 Å². The molecule has 0 aliphatic rings. The standard InChI is InChI=1S/C15H27N/c1-12(2)8-7-9-14(5)10-11-16-15(6)13(3)4/h8,10,13,16H,6-7,9,11H2,1-5H3/b14-10-. The molecule has 0 radical (unpaired) electrons. The fourth-order valence-corrected chi connectivity index (χ4v) is 1.25. The maximum Gasteiger partial charge on any atom is 0.0330 e. The van der Waals surface area contributed by atoms with E-state index in [0.717, 1.165) is 25.1 Å². The zero-order chi connectivity index (χ0) is 12.6. The van der Waals surface area contributed by atoms with Gasteiger partial charge in [-0.05, 0) is 39.5 Å². The summed E-state index contributed by atoms with van der Waals surface area (Å²) in [6.45, 7) is 15.7. The molecule has 1 nitrogen and oxygen atoms in total. The first-order valence-corrected chi connectivity index (χ1v) is 6.15. The molecule has 0 rings (SSSR count). The summed E-state index contributed by atoms with van der Waals surface area (Å²) in [6.07, 6.45) is 6.85. The predicted octanol–water partition coefficient (Wildman–Crippen LogP) is 4.44. The molecule has 0 bridgehead atoms. The van der Waals surface area contributed by atoms with E-state index >= 15 is 0 Å². The van der Waals surface area contributed by atoms with Crippen LogP contribution in [0.2, 0.25) is 0 Å². The Hall–Kier alpha value is -0.980. The average Bonchev–Trinajstić information content (AvgIpc) is 2.16. The van der Waals surface area contributed by atoms with Crippen LogP contribution in [-0.2, 0) is 0 Å². The highest BCUT2D eigenvalue weighted by atomic mass is 14.9. The van der Waals surface area contributed by atoms with Crippen molar-refractivity contribution in [3.05, 3.63) is 35.6 Å². The van der Waals surface area contributed by atoms with Gasteiger partial charge in [-0.3, -0.25) is 0 Å². The van der Waals surface area contributed by atoms with Crippen molar-refractivity contribution < 1.29 is 0 Å². The molecule has 1 N–H and O–H groups in total. The Morgan fingerprint density at radius 3 is 2.31 bits per heavy atom. The molecule has 1 heteroatoms. The first kappa shape index (κ1) is 15.0. The third-order valence-electron chi connectivity index (χ3n) is 2.57. The fraction of sp³-hybridized carbons (Fsp3) is 0.600. The van der Waals surface area contributed by atoms with Crippen LogP contribution < -0.4 is 5.32 Å². The summed E-state index contributed by atoms with van der Waals surface area (Å²) in [5, 5.41) is 3.33. The predicted molar refractivity (Wildman–Crippen MR) is 74.4 cm³/mol. The third kappa shape index (κ3) is 8.34. The van der Waals surface area contributed by atoms with Crippen molar-refractivity contribution in [2.75, 3.05) is 6.54 Å². The Kier molecular flexibility index (Phi) is 7.70. The van der Waals surface area contributed by atoms with Gasteiger partial charge in [0.2, 0.25) is 0 Å². The van der Waals surface area contributed by atoms with E-state index in [0.29, 0.717) is 5.92 Å². The van der Waals surface area contributed by atoms with Crippen molar-refractivity contribution in [3.63, 3.8) is 0 Å². The highest BCUT2D eigenvalue weighted by Crippen LogP contribution is 2.07. The third-order valence-corrected chi connectivity index (χ3v) is 2.57. The van der Waals surface area contributed by atoms with Crippen molar-refractivity contribution in [2.45, 2.75) is 47.5 Å². The Morgan fingerprint density at radius 2 is 1.81 bits per heavy atom. The lowest BCUT2D eigenvalue weighted by Gasteiger charge is -2.10. The van der Waals surface area contributed by atoms with Gasteiger partial charge in [0, 0.05) is 12.2 Å². The number of hydrogen-bond acceptors (Lipinski definition) is 1. The van der Waals surface area contributed by atoms with Crippen molar-refractivity contribution in [1.29, 1.82) is 0 Å². The summed E-state index contributed by atoms with van der Waals surface area (Å²) < 4.78 is 0. The first-order chi connectivity index (χ1) is 7.43. The number of allylic oxidation sites excluding steroid dienone is 4. The van der Waals surface area contributed by atoms with Gasteiger partial charge in [-0.2, -0.15) is 0 Å². The van der Waals surface area contributed by atoms with Crippen LogP contribution in [0.4, 0.5) is 0 Å². The van der Waals surface area contributed by atoms with Crippen LogP contribution in [0.5, 0.6) is 0 Å². The minimum atomic E-state index is 0.513. The lowest BCUT2D eigenvalue weighted by molar-refractivity contribution is 0.683. The summed E-state index contributed by atoms with van der Waals surface area (Å²) >= 11 is 0. The summed E-state index contributed by atoms with van der Waals surface area (Å²) in [5.41, 5.74) is 3.97. The maximum absolute atomic E-state index is 3.99. The van der Waals surface area contributed by atoms with Crippen molar-refractivity contribution in [2.24, 2.45) is 5.92 Å². The Bertz CT molecular complexity index is 265. The summed E-state index contributed by atoms with van der Waals surface area (Å²) in [7, 11) is 0. The van der Waals surface area contributed by atoms with Crippen LogP contribution in [0, 0.1) is 5.92 Å². The molecule has 0 amide bonds. The van der Waals surface area contributed by atoms with E-state index in [1.807, 2.05) is 0 Å².